The van der Waals surface area contributed by atoms with Crippen LogP contribution < -0.4 is 10.6 Å². The van der Waals surface area contributed by atoms with Crippen molar-refractivity contribution >= 4 is 22.5 Å². The molecule has 0 aliphatic heterocycles. The third-order valence-corrected chi connectivity index (χ3v) is 4.52. The van der Waals surface area contributed by atoms with E-state index in [2.05, 4.69) is 10.6 Å². The Morgan fingerprint density at radius 2 is 1.82 bits per heavy atom. The summed E-state index contributed by atoms with van der Waals surface area (Å²) in [4.78, 5) is 12.6. The molecule has 0 spiro atoms. The Kier molecular flexibility index (Phi) is 6.56. The van der Waals surface area contributed by atoms with Gasteiger partial charge in [0.05, 0.1) is 6.10 Å². The number of rotatable bonds is 6. The third kappa shape index (κ3) is 5.42. The number of benzene rings is 1. The van der Waals surface area contributed by atoms with Crippen LogP contribution in [0.2, 0.25) is 0 Å². The molecule has 1 aromatic rings. The molecule has 0 radical (unpaired) electrons. The monoisotopic (exact) mass is 326 g/mol. The van der Waals surface area contributed by atoms with Gasteiger partial charge >= 0.3 is 6.03 Å². The van der Waals surface area contributed by atoms with Gasteiger partial charge in [-0.25, -0.2) is 4.79 Å². The maximum atomic E-state index is 11.9. The normalized spacial score (nSPS) is 14.5. The van der Waals surface area contributed by atoms with Crippen LogP contribution in [-0.2, 0) is 10.8 Å². The van der Waals surface area contributed by atoms with Crippen molar-refractivity contribution in [3.05, 3.63) is 24.3 Å². The molecule has 0 saturated carbocycles. The Labute approximate surface area is 135 Å². The Bertz CT molecular complexity index is 527. The summed E-state index contributed by atoms with van der Waals surface area (Å²) < 4.78 is 11.3. The predicted octanol–water partition coefficient (Wildman–Crippen LogP) is 2.59. The van der Waals surface area contributed by atoms with Gasteiger partial charge in [0.15, 0.2) is 0 Å². The lowest BCUT2D eigenvalue weighted by Gasteiger charge is -2.33. The Hall–Kier alpha value is -1.40. The number of amides is 2. The molecule has 0 fully saturated rings. The van der Waals surface area contributed by atoms with Crippen molar-refractivity contribution in [2.75, 3.05) is 18.1 Å². The highest BCUT2D eigenvalue weighted by Gasteiger charge is 2.30. The van der Waals surface area contributed by atoms with Crippen molar-refractivity contribution in [3.63, 3.8) is 0 Å². The van der Waals surface area contributed by atoms with Gasteiger partial charge in [-0.15, -0.1) is 0 Å². The quantitative estimate of drug-likeness (QED) is 0.752. The second-order valence-electron chi connectivity index (χ2n) is 6.46. The van der Waals surface area contributed by atoms with Crippen LogP contribution in [0.4, 0.5) is 10.5 Å². The van der Waals surface area contributed by atoms with Crippen LogP contribution in [0.25, 0.3) is 0 Å². The fourth-order valence-corrected chi connectivity index (χ4v) is 2.74. The van der Waals surface area contributed by atoms with E-state index in [1.165, 1.54) is 0 Å². The molecule has 0 saturated heterocycles. The number of urea groups is 1. The maximum absolute atomic E-state index is 11.9. The molecule has 3 N–H and O–H groups in total. The van der Waals surface area contributed by atoms with Crippen molar-refractivity contribution < 1.29 is 14.1 Å². The van der Waals surface area contributed by atoms with Crippen LogP contribution in [0.1, 0.15) is 27.7 Å². The van der Waals surface area contributed by atoms with Crippen LogP contribution in [0.15, 0.2) is 29.2 Å². The molecule has 6 heteroatoms. The highest BCUT2D eigenvalue weighted by molar-refractivity contribution is 7.84. The molecule has 124 valence electrons. The molecule has 0 aliphatic rings. The number of anilines is 1. The fourth-order valence-electron chi connectivity index (χ4n) is 2.22. The molecular weight excluding hydrogens is 300 g/mol. The van der Waals surface area contributed by atoms with Crippen molar-refractivity contribution in [2.24, 2.45) is 11.3 Å². The van der Waals surface area contributed by atoms with Gasteiger partial charge < -0.3 is 15.7 Å². The molecule has 0 aromatic heterocycles. The summed E-state index contributed by atoms with van der Waals surface area (Å²) in [5, 5.41) is 15.6. The molecule has 0 unspecified atom stereocenters. The number of nitrogens with one attached hydrogen (secondary N) is 2. The zero-order valence-corrected chi connectivity index (χ0v) is 14.7. The zero-order chi connectivity index (χ0) is 16.9. The van der Waals surface area contributed by atoms with Crippen molar-refractivity contribution in [3.8, 4) is 0 Å². The molecule has 2 atom stereocenters. The van der Waals surface area contributed by atoms with Crippen LogP contribution >= 0.6 is 0 Å². The minimum atomic E-state index is -1.03. The van der Waals surface area contributed by atoms with E-state index in [1.807, 2.05) is 27.7 Å². The SMILES string of the molecule is CC(C)[C@H](O)C(C)(C)CNC(=O)Nc1ccc([S@](C)=O)cc1. The van der Waals surface area contributed by atoms with E-state index in [0.717, 1.165) is 0 Å². The number of hydrogen-bond donors (Lipinski definition) is 3. The number of aliphatic hydroxyl groups excluding tert-OH is 1. The van der Waals surface area contributed by atoms with Crippen LogP contribution in [0.5, 0.6) is 0 Å². The Morgan fingerprint density at radius 3 is 2.27 bits per heavy atom. The van der Waals surface area contributed by atoms with Gasteiger partial charge in [0.2, 0.25) is 0 Å². The largest absolute Gasteiger partial charge is 0.392 e. The summed E-state index contributed by atoms with van der Waals surface area (Å²) >= 11 is 0. The van der Waals surface area contributed by atoms with E-state index >= 15 is 0 Å². The van der Waals surface area contributed by atoms with Crippen LogP contribution in [0, 0.1) is 11.3 Å². The van der Waals surface area contributed by atoms with Gasteiger partial charge in [-0.3, -0.25) is 4.21 Å². The van der Waals surface area contributed by atoms with Gasteiger partial charge in [-0.1, -0.05) is 27.7 Å². The first-order chi connectivity index (χ1) is 10.1. The predicted molar refractivity (Wildman–Crippen MR) is 90.4 cm³/mol. The Morgan fingerprint density at radius 1 is 1.27 bits per heavy atom. The van der Waals surface area contributed by atoms with Crippen LogP contribution in [-0.4, -0.2) is 34.3 Å². The minimum Gasteiger partial charge on any atom is -0.392 e. The van der Waals surface area contributed by atoms with Crippen molar-refractivity contribution in [1.82, 2.24) is 5.32 Å². The van der Waals surface area contributed by atoms with Crippen molar-refractivity contribution in [2.45, 2.75) is 38.7 Å². The van der Waals surface area contributed by atoms with E-state index in [0.29, 0.717) is 17.1 Å². The average molecular weight is 326 g/mol. The molecule has 2 amide bonds. The van der Waals surface area contributed by atoms with Gasteiger partial charge in [-0.2, -0.15) is 0 Å². The lowest BCUT2D eigenvalue weighted by molar-refractivity contribution is 0.0154. The first kappa shape index (κ1) is 18.6. The fraction of sp³-hybridized carbons (Fsp3) is 0.562. The summed E-state index contributed by atoms with van der Waals surface area (Å²) in [6.07, 6.45) is 1.11. The van der Waals surface area contributed by atoms with Gasteiger partial charge in [0.1, 0.15) is 0 Å². The molecule has 1 rings (SSSR count). The van der Waals surface area contributed by atoms with Gasteiger partial charge in [0, 0.05) is 39.6 Å². The summed E-state index contributed by atoms with van der Waals surface area (Å²) in [5.41, 5.74) is 0.225. The highest BCUT2D eigenvalue weighted by atomic mass is 32.2. The standard InChI is InChI=1S/C16H26N2O3S/c1-11(2)14(19)16(3,4)10-17-15(20)18-12-6-8-13(9-7-12)22(5)21/h6-9,11,14,19H,10H2,1-5H3,(H2,17,18,20)/t14-,22-/m0/s1. The number of aliphatic hydroxyl groups is 1. The smallest absolute Gasteiger partial charge is 0.319 e. The van der Waals surface area contributed by atoms with E-state index in [9.17, 15) is 14.1 Å². The molecule has 1 aromatic carbocycles. The Balaban J connectivity index is 2.54. The first-order valence-electron chi connectivity index (χ1n) is 7.30. The molecule has 0 bridgehead atoms. The second-order valence-corrected chi connectivity index (χ2v) is 7.84. The molecule has 0 heterocycles. The number of hydrogen-bond acceptors (Lipinski definition) is 3. The van der Waals surface area contributed by atoms with Crippen LogP contribution in [0.3, 0.4) is 0 Å². The number of carbonyl (C=O) groups excluding carboxylic acids is 1. The highest BCUT2D eigenvalue weighted by Crippen LogP contribution is 2.25. The van der Waals surface area contributed by atoms with Crippen molar-refractivity contribution in [1.29, 1.82) is 0 Å². The first-order valence-corrected chi connectivity index (χ1v) is 8.85. The van der Waals surface area contributed by atoms with Gasteiger partial charge in [0.25, 0.3) is 0 Å². The van der Waals surface area contributed by atoms with Gasteiger partial charge in [-0.05, 0) is 30.2 Å². The summed E-state index contributed by atoms with van der Waals surface area (Å²) in [6, 6.07) is 6.54. The average Bonchev–Trinajstić information content (AvgIpc) is 2.45. The lowest BCUT2D eigenvalue weighted by Crippen LogP contribution is -2.44. The lowest BCUT2D eigenvalue weighted by atomic mass is 9.81. The summed E-state index contributed by atoms with van der Waals surface area (Å²) in [5.74, 6) is 0.127. The summed E-state index contributed by atoms with van der Waals surface area (Å²) in [6.45, 7) is 8.11. The molecular formula is C16H26N2O3S. The molecule has 5 nitrogen and oxygen atoms in total. The zero-order valence-electron chi connectivity index (χ0n) is 13.8. The second kappa shape index (κ2) is 7.74. The number of carbonyl (C=O) groups is 1. The van der Waals surface area contributed by atoms with E-state index in [4.69, 9.17) is 0 Å². The maximum Gasteiger partial charge on any atom is 0.319 e. The molecule has 22 heavy (non-hydrogen) atoms. The third-order valence-electron chi connectivity index (χ3n) is 3.58. The van der Waals surface area contributed by atoms with E-state index < -0.39 is 22.3 Å². The summed E-state index contributed by atoms with van der Waals surface area (Å²) in [7, 11) is -1.03. The van der Waals surface area contributed by atoms with E-state index in [1.54, 1.807) is 30.5 Å². The molecule has 0 aliphatic carbocycles. The van der Waals surface area contributed by atoms with E-state index in [-0.39, 0.29) is 11.9 Å². The topological polar surface area (TPSA) is 78.4 Å². The minimum absolute atomic E-state index is 0.127.